The number of nitrogens with one attached hydrogen (secondary N) is 1. The fourth-order valence-electron chi connectivity index (χ4n) is 2.20. The Kier molecular flexibility index (Phi) is 2.70. The minimum atomic E-state index is -0.0758. The van der Waals surface area contributed by atoms with Gasteiger partial charge in [0.25, 0.3) is 0 Å². The molecule has 2 aromatic rings. The van der Waals surface area contributed by atoms with E-state index in [9.17, 15) is 0 Å². The number of nitrogens with zero attached hydrogens (tertiary/aromatic N) is 2. The molecule has 0 saturated heterocycles. The average molecular weight is 261 g/mol. The SMILES string of the molecule is CC1(C)Cc2cc(CNc3nncs3)ccc2O1. The van der Waals surface area contributed by atoms with Gasteiger partial charge < -0.3 is 10.1 Å². The van der Waals surface area contributed by atoms with Crippen LogP contribution >= 0.6 is 11.3 Å². The number of rotatable bonds is 3. The van der Waals surface area contributed by atoms with Crippen LogP contribution in [0.1, 0.15) is 25.0 Å². The van der Waals surface area contributed by atoms with Crippen molar-refractivity contribution in [2.45, 2.75) is 32.4 Å². The molecule has 18 heavy (non-hydrogen) atoms. The number of anilines is 1. The van der Waals surface area contributed by atoms with Crippen LogP contribution < -0.4 is 10.1 Å². The average Bonchev–Trinajstić information content (AvgIpc) is 2.90. The molecule has 1 aromatic heterocycles. The summed E-state index contributed by atoms with van der Waals surface area (Å²) in [5.74, 6) is 1.01. The van der Waals surface area contributed by atoms with Crippen molar-refractivity contribution in [1.82, 2.24) is 10.2 Å². The number of ether oxygens (including phenoxy) is 1. The predicted octanol–water partition coefficient (Wildman–Crippen LogP) is 2.86. The molecule has 2 heterocycles. The molecule has 0 fully saturated rings. The molecule has 3 rings (SSSR count). The van der Waals surface area contributed by atoms with E-state index in [-0.39, 0.29) is 5.60 Å². The highest BCUT2D eigenvalue weighted by Crippen LogP contribution is 2.35. The zero-order valence-corrected chi connectivity index (χ0v) is 11.3. The predicted molar refractivity (Wildman–Crippen MR) is 72.1 cm³/mol. The lowest BCUT2D eigenvalue weighted by Crippen LogP contribution is -2.24. The van der Waals surface area contributed by atoms with E-state index in [2.05, 4.69) is 47.6 Å². The Bertz CT molecular complexity index is 551. The molecule has 5 heteroatoms. The van der Waals surface area contributed by atoms with Crippen molar-refractivity contribution in [3.63, 3.8) is 0 Å². The van der Waals surface area contributed by atoms with Crippen LogP contribution in [0.3, 0.4) is 0 Å². The molecule has 0 amide bonds. The Balaban J connectivity index is 1.72. The fraction of sp³-hybridized carbons (Fsp3) is 0.385. The maximum atomic E-state index is 5.86. The van der Waals surface area contributed by atoms with E-state index in [1.165, 1.54) is 22.5 Å². The van der Waals surface area contributed by atoms with Gasteiger partial charge in [0.15, 0.2) is 0 Å². The Hall–Kier alpha value is -1.62. The van der Waals surface area contributed by atoms with Gasteiger partial charge in [-0.05, 0) is 31.0 Å². The minimum Gasteiger partial charge on any atom is -0.487 e. The highest BCUT2D eigenvalue weighted by molar-refractivity contribution is 7.13. The molecule has 0 radical (unpaired) electrons. The van der Waals surface area contributed by atoms with E-state index in [4.69, 9.17) is 4.74 Å². The van der Waals surface area contributed by atoms with Gasteiger partial charge in [0.05, 0.1) is 0 Å². The third-order valence-corrected chi connectivity index (χ3v) is 3.58. The summed E-state index contributed by atoms with van der Waals surface area (Å²) in [4.78, 5) is 0. The minimum absolute atomic E-state index is 0.0758. The number of aromatic nitrogens is 2. The number of hydrogen-bond donors (Lipinski definition) is 1. The van der Waals surface area contributed by atoms with Crippen molar-refractivity contribution in [2.24, 2.45) is 0 Å². The van der Waals surface area contributed by atoms with E-state index < -0.39 is 0 Å². The van der Waals surface area contributed by atoms with Crippen molar-refractivity contribution in [3.8, 4) is 5.75 Å². The Morgan fingerprint density at radius 3 is 3.11 bits per heavy atom. The lowest BCUT2D eigenvalue weighted by molar-refractivity contribution is 0.138. The second-order valence-electron chi connectivity index (χ2n) is 5.08. The molecule has 0 spiro atoms. The van der Waals surface area contributed by atoms with Gasteiger partial charge in [-0.25, -0.2) is 0 Å². The highest BCUT2D eigenvalue weighted by atomic mass is 32.1. The number of hydrogen-bond acceptors (Lipinski definition) is 5. The van der Waals surface area contributed by atoms with Gasteiger partial charge in [0.2, 0.25) is 5.13 Å². The summed E-state index contributed by atoms with van der Waals surface area (Å²) in [5.41, 5.74) is 4.18. The molecule has 0 atom stereocenters. The van der Waals surface area contributed by atoms with Crippen LogP contribution in [0.4, 0.5) is 5.13 Å². The van der Waals surface area contributed by atoms with E-state index >= 15 is 0 Å². The second kappa shape index (κ2) is 4.24. The molecule has 0 unspecified atom stereocenters. The van der Waals surface area contributed by atoms with Crippen LogP contribution in [0.2, 0.25) is 0 Å². The first-order valence-electron chi connectivity index (χ1n) is 5.93. The Morgan fingerprint density at radius 1 is 1.44 bits per heavy atom. The molecule has 94 valence electrons. The summed E-state index contributed by atoms with van der Waals surface area (Å²) in [7, 11) is 0. The smallest absolute Gasteiger partial charge is 0.205 e. The van der Waals surface area contributed by atoms with E-state index in [0.29, 0.717) is 0 Å². The molecule has 0 bridgehead atoms. The molecule has 0 saturated carbocycles. The van der Waals surface area contributed by atoms with E-state index in [1.807, 2.05) is 0 Å². The van der Waals surface area contributed by atoms with E-state index in [1.54, 1.807) is 5.51 Å². The van der Waals surface area contributed by atoms with Gasteiger partial charge in [-0.3, -0.25) is 0 Å². The molecular weight excluding hydrogens is 246 g/mol. The summed E-state index contributed by atoms with van der Waals surface area (Å²) < 4.78 is 5.86. The summed E-state index contributed by atoms with van der Waals surface area (Å²) in [6, 6.07) is 6.35. The number of benzene rings is 1. The first-order valence-corrected chi connectivity index (χ1v) is 6.81. The molecule has 1 aliphatic rings. The second-order valence-corrected chi connectivity index (χ2v) is 5.91. The third-order valence-electron chi connectivity index (χ3n) is 2.93. The highest BCUT2D eigenvalue weighted by Gasteiger charge is 2.29. The van der Waals surface area contributed by atoms with E-state index in [0.717, 1.165) is 23.8 Å². The quantitative estimate of drug-likeness (QED) is 0.923. The van der Waals surface area contributed by atoms with Gasteiger partial charge in [0, 0.05) is 13.0 Å². The van der Waals surface area contributed by atoms with Gasteiger partial charge in [-0.2, -0.15) is 0 Å². The molecule has 1 aliphatic heterocycles. The first kappa shape index (κ1) is 11.5. The summed E-state index contributed by atoms with van der Waals surface area (Å²) >= 11 is 1.51. The van der Waals surface area contributed by atoms with Crippen LogP contribution in [0.5, 0.6) is 5.75 Å². The molecule has 1 N–H and O–H groups in total. The van der Waals surface area contributed by atoms with Crippen molar-refractivity contribution < 1.29 is 4.74 Å². The van der Waals surface area contributed by atoms with Crippen LogP contribution in [0.25, 0.3) is 0 Å². The summed E-state index contributed by atoms with van der Waals surface area (Å²) in [6.07, 6.45) is 0.967. The summed E-state index contributed by atoms with van der Waals surface area (Å²) in [6.45, 7) is 5.00. The largest absolute Gasteiger partial charge is 0.487 e. The van der Waals surface area contributed by atoms with Crippen LogP contribution in [0.15, 0.2) is 23.7 Å². The van der Waals surface area contributed by atoms with Crippen molar-refractivity contribution in [3.05, 3.63) is 34.8 Å². The van der Waals surface area contributed by atoms with Crippen LogP contribution in [-0.4, -0.2) is 15.8 Å². The number of fused-ring (bicyclic) bond motifs is 1. The first-order chi connectivity index (χ1) is 8.62. The normalized spacial score (nSPS) is 16.1. The van der Waals surface area contributed by atoms with Crippen molar-refractivity contribution >= 4 is 16.5 Å². The molecular formula is C13H15N3OS. The third kappa shape index (κ3) is 2.31. The van der Waals surface area contributed by atoms with Crippen LogP contribution in [-0.2, 0) is 13.0 Å². The van der Waals surface area contributed by atoms with Gasteiger partial charge in [-0.15, -0.1) is 10.2 Å². The molecule has 4 nitrogen and oxygen atoms in total. The topological polar surface area (TPSA) is 47.0 Å². The maximum absolute atomic E-state index is 5.86. The summed E-state index contributed by atoms with van der Waals surface area (Å²) in [5, 5.41) is 11.9. The monoisotopic (exact) mass is 261 g/mol. The zero-order valence-electron chi connectivity index (χ0n) is 10.4. The molecule has 1 aromatic carbocycles. The van der Waals surface area contributed by atoms with Gasteiger partial charge >= 0.3 is 0 Å². The van der Waals surface area contributed by atoms with Crippen molar-refractivity contribution in [1.29, 1.82) is 0 Å². The van der Waals surface area contributed by atoms with Crippen LogP contribution in [0, 0.1) is 0 Å². The Labute approximate surface area is 110 Å². The maximum Gasteiger partial charge on any atom is 0.205 e. The Morgan fingerprint density at radius 2 is 2.33 bits per heavy atom. The standard InChI is InChI=1S/C13H15N3OS/c1-13(2)6-10-5-9(3-4-11(10)17-13)7-14-12-16-15-8-18-12/h3-5,8H,6-7H2,1-2H3,(H,14,16). The lowest BCUT2D eigenvalue weighted by Gasteiger charge is -2.16. The van der Waals surface area contributed by atoms with Gasteiger partial charge in [-0.1, -0.05) is 23.5 Å². The molecule has 0 aliphatic carbocycles. The lowest BCUT2D eigenvalue weighted by atomic mass is 10.0. The van der Waals surface area contributed by atoms with Gasteiger partial charge in [0.1, 0.15) is 16.9 Å². The fourth-order valence-corrected chi connectivity index (χ4v) is 2.64. The van der Waals surface area contributed by atoms with Crippen molar-refractivity contribution in [2.75, 3.05) is 5.32 Å². The zero-order chi connectivity index (χ0) is 12.6.